The van der Waals surface area contributed by atoms with Gasteiger partial charge in [0.15, 0.2) is 5.16 Å². The Hall–Kier alpha value is -1.91. The Balaban J connectivity index is 1.61. The third kappa shape index (κ3) is 5.67. The Labute approximate surface area is 188 Å². The Morgan fingerprint density at radius 2 is 2.00 bits per heavy atom. The highest BCUT2D eigenvalue weighted by molar-refractivity contribution is 7.98. The molecule has 170 valence electrons. The SMILES string of the molecule is CCNS(=O)(=O)c1ccc(C)c(C(=O)NCCCc2nnc(SC)n2C2CCCC2)c1. The van der Waals surface area contributed by atoms with Crippen LogP contribution in [0.25, 0.3) is 0 Å². The van der Waals surface area contributed by atoms with Crippen molar-refractivity contribution in [1.82, 2.24) is 24.8 Å². The maximum atomic E-state index is 12.7. The van der Waals surface area contributed by atoms with Crippen molar-refractivity contribution in [3.05, 3.63) is 35.2 Å². The molecule has 10 heteroatoms. The minimum atomic E-state index is -3.61. The van der Waals surface area contributed by atoms with Crippen LogP contribution in [0.4, 0.5) is 0 Å². The van der Waals surface area contributed by atoms with Crippen LogP contribution in [0, 0.1) is 6.92 Å². The van der Waals surface area contributed by atoms with Gasteiger partial charge in [0.25, 0.3) is 5.91 Å². The number of amides is 1. The molecule has 1 saturated carbocycles. The van der Waals surface area contributed by atoms with Gasteiger partial charge < -0.3 is 9.88 Å². The first-order chi connectivity index (χ1) is 14.9. The number of nitrogens with one attached hydrogen (secondary N) is 2. The van der Waals surface area contributed by atoms with Crippen molar-refractivity contribution in [2.75, 3.05) is 19.3 Å². The van der Waals surface area contributed by atoms with E-state index in [9.17, 15) is 13.2 Å². The number of rotatable bonds is 10. The zero-order valence-electron chi connectivity index (χ0n) is 18.3. The number of aryl methyl sites for hydroxylation is 2. The highest BCUT2D eigenvalue weighted by atomic mass is 32.2. The van der Waals surface area contributed by atoms with E-state index in [4.69, 9.17) is 0 Å². The molecule has 1 aliphatic carbocycles. The number of hydrogen-bond acceptors (Lipinski definition) is 6. The highest BCUT2D eigenvalue weighted by Gasteiger charge is 2.23. The molecule has 0 bridgehead atoms. The average molecular weight is 466 g/mol. The van der Waals surface area contributed by atoms with Crippen LogP contribution in [0.3, 0.4) is 0 Å². The number of hydrogen-bond donors (Lipinski definition) is 2. The lowest BCUT2D eigenvalue weighted by molar-refractivity contribution is 0.0952. The molecule has 8 nitrogen and oxygen atoms in total. The normalized spacial score (nSPS) is 14.8. The lowest BCUT2D eigenvalue weighted by Crippen LogP contribution is -2.27. The lowest BCUT2D eigenvalue weighted by atomic mass is 10.1. The van der Waals surface area contributed by atoms with Gasteiger partial charge in [-0.1, -0.05) is 37.6 Å². The van der Waals surface area contributed by atoms with E-state index in [0.717, 1.165) is 29.4 Å². The monoisotopic (exact) mass is 465 g/mol. The maximum Gasteiger partial charge on any atom is 0.251 e. The van der Waals surface area contributed by atoms with E-state index in [2.05, 4.69) is 24.8 Å². The number of carbonyl (C=O) groups is 1. The summed E-state index contributed by atoms with van der Waals surface area (Å²) in [4.78, 5) is 12.8. The van der Waals surface area contributed by atoms with E-state index in [0.29, 0.717) is 24.7 Å². The molecule has 3 rings (SSSR count). The van der Waals surface area contributed by atoms with E-state index < -0.39 is 10.0 Å². The van der Waals surface area contributed by atoms with Crippen molar-refractivity contribution in [2.24, 2.45) is 0 Å². The van der Waals surface area contributed by atoms with E-state index >= 15 is 0 Å². The predicted octanol–water partition coefficient (Wildman–Crippen LogP) is 3.08. The second-order valence-corrected chi connectivity index (χ2v) is 10.3. The van der Waals surface area contributed by atoms with Gasteiger partial charge in [0.1, 0.15) is 5.82 Å². The summed E-state index contributed by atoms with van der Waals surface area (Å²) in [6.07, 6.45) is 8.31. The van der Waals surface area contributed by atoms with Gasteiger partial charge in [-0.2, -0.15) is 0 Å². The van der Waals surface area contributed by atoms with Crippen molar-refractivity contribution in [2.45, 2.75) is 68.5 Å². The first-order valence-electron chi connectivity index (χ1n) is 10.7. The lowest BCUT2D eigenvalue weighted by Gasteiger charge is -2.16. The Morgan fingerprint density at radius 3 is 2.68 bits per heavy atom. The van der Waals surface area contributed by atoms with Gasteiger partial charge in [-0.05, 0) is 50.1 Å². The zero-order chi connectivity index (χ0) is 22.4. The van der Waals surface area contributed by atoms with Crippen LogP contribution in [-0.2, 0) is 16.4 Å². The smallest absolute Gasteiger partial charge is 0.251 e. The molecule has 1 aromatic carbocycles. The quantitative estimate of drug-likeness (QED) is 0.413. The van der Waals surface area contributed by atoms with Crippen LogP contribution in [0.1, 0.15) is 66.8 Å². The standard InChI is InChI=1S/C21H31N5O3S2/c1-4-23-31(28,29)17-12-11-15(2)18(14-17)20(27)22-13-7-10-19-24-25-21(30-3)26(19)16-8-5-6-9-16/h11-12,14,16,23H,4-10,13H2,1-3H3,(H,22,27). The van der Waals surface area contributed by atoms with Crippen LogP contribution in [-0.4, -0.2) is 48.4 Å². The second-order valence-electron chi connectivity index (χ2n) is 7.75. The molecule has 1 fully saturated rings. The third-order valence-electron chi connectivity index (χ3n) is 5.57. The number of benzene rings is 1. The molecule has 0 unspecified atom stereocenters. The summed E-state index contributed by atoms with van der Waals surface area (Å²) in [5.74, 6) is 0.702. The summed E-state index contributed by atoms with van der Waals surface area (Å²) in [5.41, 5.74) is 1.11. The molecule has 2 aromatic rings. The van der Waals surface area contributed by atoms with Crippen molar-refractivity contribution >= 4 is 27.7 Å². The number of aromatic nitrogens is 3. The van der Waals surface area contributed by atoms with Gasteiger partial charge in [0.2, 0.25) is 10.0 Å². The molecule has 0 saturated heterocycles. The summed E-state index contributed by atoms with van der Waals surface area (Å²) in [5, 5.41) is 12.6. The molecule has 1 amide bonds. The predicted molar refractivity (Wildman–Crippen MR) is 122 cm³/mol. The maximum absolute atomic E-state index is 12.7. The van der Waals surface area contributed by atoms with E-state index in [1.807, 2.05) is 6.26 Å². The summed E-state index contributed by atoms with van der Waals surface area (Å²) in [6, 6.07) is 5.09. The summed E-state index contributed by atoms with van der Waals surface area (Å²) in [7, 11) is -3.61. The van der Waals surface area contributed by atoms with Gasteiger partial charge in [0.05, 0.1) is 4.90 Å². The van der Waals surface area contributed by atoms with Gasteiger partial charge in [-0.3, -0.25) is 4.79 Å². The Kier molecular flexibility index (Phi) is 8.12. The largest absolute Gasteiger partial charge is 0.352 e. The van der Waals surface area contributed by atoms with Crippen LogP contribution in [0.2, 0.25) is 0 Å². The fraction of sp³-hybridized carbons (Fsp3) is 0.571. The number of sulfonamides is 1. The molecular weight excluding hydrogens is 434 g/mol. The number of nitrogens with zero attached hydrogens (tertiary/aromatic N) is 3. The summed E-state index contributed by atoms with van der Waals surface area (Å²) >= 11 is 1.62. The molecule has 2 N–H and O–H groups in total. The first kappa shape index (κ1) is 23.7. The molecule has 1 aromatic heterocycles. The topological polar surface area (TPSA) is 106 Å². The van der Waals surface area contributed by atoms with Crippen molar-refractivity contribution < 1.29 is 13.2 Å². The van der Waals surface area contributed by atoms with Gasteiger partial charge in [-0.25, -0.2) is 13.1 Å². The van der Waals surface area contributed by atoms with Gasteiger partial charge in [0, 0.05) is 31.1 Å². The summed E-state index contributed by atoms with van der Waals surface area (Å²) in [6.45, 7) is 4.29. The third-order valence-corrected chi connectivity index (χ3v) is 7.76. The Morgan fingerprint density at radius 1 is 1.26 bits per heavy atom. The number of thioether (sulfide) groups is 1. The molecule has 1 aliphatic rings. The summed E-state index contributed by atoms with van der Waals surface area (Å²) < 4.78 is 29.2. The molecular formula is C21H31N5O3S2. The molecule has 0 spiro atoms. The van der Waals surface area contributed by atoms with E-state index in [1.54, 1.807) is 31.7 Å². The van der Waals surface area contributed by atoms with E-state index in [1.165, 1.54) is 37.8 Å². The number of carbonyl (C=O) groups excluding carboxylic acids is 1. The molecule has 0 atom stereocenters. The van der Waals surface area contributed by atoms with E-state index in [-0.39, 0.29) is 10.8 Å². The van der Waals surface area contributed by atoms with Gasteiger partial charge >= 0.3 is 0 Å². The zero-order valence-corrected chi connectivity index (χ0v) is 20.0. The van der Waals surface area contributed by atoms with Crippen LogP contribution >= 0.6 is 11.8 Å². The molecule has 31 heavy (non-hydrogen) atoms. The van der Waals surface area contributed by atoms with Crippen LogP contribution in [0.15, 0.2) is 28.3 Å². The van der Waals surface area contributed by atoms with Crippen molar-refractivity contribution in [3.8, 4) is 0 Å². The second kappa shape index (κ2) is 10.6. The molecule has 0 aliphatic heterocycles. The Bertz CT molecular complexity index is 1010. The van der Waals surface area contributed by atoms with Crippen LogP contribution < -0.4 is 10.0 Å². The minimum absolute atomic E-state index is 0.0966. The average Bonchev–Trinajstić information content (AvgIpc) is 3.40. The van der Waals surface area contributed by atoms with Crippen molar-refractivity contribution in [3.63, 3.8) is 0 Å². The van der Waals surface area contributed by atoms with Crippen LogP contribution in [0.5, 0.6) is 0 Å². The molecule has 1 heterocycles. The first-order valence-corrected chi connectivity index (χ1v) is 13.4. The molecule has 0 radical (unpaired) electrons. The fourth-order valence-electron chi connectivity index (χ4n) is 3.98. The minimum Gasteiger partial charge on any atom is -0.352 e. The highest BCUT2D eigenvalue weighted by Crippen LogP contribution is 2.33. The van der Waals surface area contributed by atoms with Gasteiger partial charge in [-0.15, -0.1) is 10.2 Å². The fourth-order valence-corrected chi connectivity index (χ4v) is 5.62. The van der Waals surface area contributed by atoms with Crippen molar-refractivity contribution in [1.29, 1.82) is 0 Å².